The summed E-state index contributed by atoms with van der Waals surface area (Å²) in [4.78, 5) is 0. The SMILES string of the molecule is NC(c1ccc(Cl)c(F)c1)C(N)c1ccc(Cl)c(F)c1. The summed E-state index contributed by atoms with van der Waals surface area (Å²) in [6, 6.07) is 7.04. The summed E-state index contributed by atoms with van der Waals surface area (Å²) in [7, 11) is 0. The average molecular weight is 317 g/mol. The standard InChI is InChI=1S/C14H12Cl2F2N2/c15-9-3-1-7(5-11(9)17)13(19)14(20)8-2-4-10(16)12(18)6-8/h1-6,13-14H,19-20H2. The third-order valence-electron chi connectivity index (χ3n) is 3.04. The summed E-state index contributed by atoms with van der Waals surface area (Å²) >= 11 is 11.2. The van der Waals surface area contributed by atoms with Crippen LogP contribution >= 0.6 is 23.2 Å². The molecule has 2 nitrogen and oxygen atoms in total. The second-order valence-corrected chi connectivity index (χ2v) is 5.21. The molecule has 0 spiro atoms. The molecule has 20 heavy (non-hydrogen) atoms. The van der Waals surface area contributed by atoms with Crippen molar-refractivity contribution >= 4 is 23.2 Å². The van der Waals surface area contributed by atoms with Crippen LogP contribution in [0.3, 0.4) is 0 Å². The van der Waals surface area contributed by atoms with E-state index >= 15 is 0 Å². The third kappa shape index (κ3) is 3.10. The van der Waals surface area contributed by atoms with Crippen LogP contribution in [-0.2, 0) is 0 Å². The Kier molecular flexibility index (Phi) is 4.60. The molecule has 2 aromatic carbocycles. The molecule has 2 rings (SSSR count). The second kappa shape index (κ2) is 6.06. The molecule has 4 N–H and O–H groups in total. The molecule has 0 aliphatic carbocycles. The van der Waals surface area contributed by atoms with E-state index in [1.807, 2.05) is 0 Å². The molecule has 0 bridgehead atoms. The van der Waals surface area contributed by atoms with E-state index in [4.69, 9.17) is 34.7 Å². The smallest absolute Gasteiger partial charge is 0.142 e. The lowest BCUT2D eigenvalue weighted by molar-refractivity contribution is 0.557. The maximum absolute atomic E-state index is 13.4. The van der Waals surface area contributed by atoms with Crippen molar-refractivity contribution in [3.63, 3.8) is 0 Å². The Balaban J connectivity index is 2.29. The number of halogens is 4. The van der Waals surface area contributed by atoms with Crippen molar-refractivity contribution in [1.82, 2.24) is 0 Å². The molecular formula is C14H12Cl2F2N2. The minimum atomic E-state index is -0.692. The van der Waals surface area contributed by atoms with E-state index in [0.29, 0.717) is 11.1 Å². The van der Waals surface area contributed by atoms with Gasteiger partial charge >= 0.3 is 0 Å². The van der Waals surface area contributed by atoms with Gasteiger partial charge in [-0.05, 0) is 35.4 Å². The molecule has 0 aliphatic heterocycles. The van der Waals surface area contributed by atoms with Crippen molar-refractivity contribution < 1.29 is 8.78 Å². The van der Waals surface area contributed by atoms with Crippen molar-refractivity contribution in [3.8, 4) is 0 Å². The molecule has 0 saturated carbocycles. The number of hydrogen-bond acceptors (Lipinski definition) is 2. The zero-order valence-corrected chi connectivity index (χ0v) is 11.8. The molecule has 2 atom stereocenters. The second-order valence-electron chi connectivity index (χ2n) is 4.40. The lowest BCUT2D eigenvalue weighted by Crippen LogP contribution is -2.26. The van der Waals surface area contributed by atoms with Gasteiger partial charge in [-0.25, -0.2) is 8.78 Å². The fourth-order valence-electron chi connectivity index (χ4n) is 1.85. The Labute approximate surface area is 125 Å². The predicted molar refractivity (Wildman–Crippen MR) is 76.7 cm³/mol. The quantitative estimate of drug-likeness (QED) is 0.900. The van der Waals surface area contributed by atoms with Gasteiger partial charge in [0.2, 0.25) is 0 Å². The number of nitrogens with two attached hydrogens (primary N) is 2. The molecule has 106 valence electrons. The monoisotopic (exact) mass is 316 g/mol. The van der Waals surface area contributed by atoms with Gasteiger partial charge in [-0.15, -0.1) is 0 Å². The first-order chi connectivity index (χ1) is 9.40. The highest BCUT2D eigenvalue weighted by atomic mass is 35.5. The van der Waals surface area contributed by atoms with Crippen molar-refractivity contribution in [2.45, 2.75) is 12.1 Å². The normalized spacial score (nSPS) is 14.1. The Hall–Kier alpha value is -1.20. The summed E-state index contributed by atoms with van der Waals surface area (Å²) in [5.41, 5.74) is 12.9. The topological polar surface area (TPSA) is 52.0 Å². The Morgan fingerprint density at radius 2 is 1.10 bits per heavy atom. The fourth-order valence-corrected chi connectivity index (χ4v) is 2.09. The Morgan fingerprint density at radius 1 is 0.750 bits per heavy atom. The van der Waals surface area contributed by atoms with Crippen LogP contribution in [0.5, 0.6) is 0 Å². The fraction of sp³-hybridized carbons (Fsp3) is 0.143. The van der Waals surface area contributed by atoms with E-state index in [2.05, 4.69) is 0 Å². The average Bonchev–Trinajstić information content (AvgIpc) is 2.43. The molecular weight excluding hydrogens is 305 g/mol. The van der Waals surface area contributed by atoms with Crippen LogP contribution in [0.15, 0.2) is 36.4 Å². The highest BCUT2D eigenvalue weighted by Gasteiger charge is 2.19. The zero-order valence-electron chi connectivity index (χ0n) is 10.3. The van der Waals surface area contributed by atoms with Crippen molar-refractivity contribution in [1.29, 1.82) is 0 Å². The molecule has 2 aromatic rings. The lowest BCUT2D eigenvalue weighted by Gasteiger charge is -2.21. The van der Waals surface area contributed by atoms with Crippen molar-refractivity contribution in [3.05, 3.63) is 69.2 Å². The first-order valence-corrected chi connectivity index (χ1v) is 6.57. The number of hydrogen-bond donors (Lipinski definition) is 2. The minimum absolute atomic E-state index is 0.00654. The maximum atomic E-state index is 13.4. The van der Waals surface area contributed by atoms with Crippen LogP contribution in [-0.4, -0.2) is 0 Å². The van der Waals surface area contributed by atoms with Crippen molar-refractivity contribution in [2.75, 3.05) is 0 Å². The van der Waals surface area contributed by atoms with Gasteiger partial charge in [0.1, 0.15) is 11.6 Å². The lowest BCUT2D eigenvalue weighted by atomic mass is 9.95. The Bertz CT molecular complexity index is 579. The first kappa shape index (κ1) is 15.2. The van der Waals surface area contributed by atoms with Gasteiger partial charge in [-0.2, -0.15) is 0 Å². The van der Waals surface area contributed by atoms with E-state index in [1.165, 1.54) is 24.3 Å². The van der Waals surface area contributed by atoms with Gasteiger partial charge in [0.25, 0.3) is 0 Å². The van der Waals surface area contributed by atoms with Crippen LogP contribution in [0.2, 0.25) is 10.0 Å². The van der Waals surface area contributed by atoms with Gasteiger partial charge in [0, 0.05) is 12.1 Å². The predicted octanol–water partition coefficient (Wildman–Crippen LogP) is 3.97. The van der Waals surface area contributed by atoms with E-state index in [9.17, 15) is 8.78 Å². The highest BCUT2D eigenvalue weighted by molar-refractivity contribution is 6.31. The van der Waals surface area contributed by atoms with E-state index < -0.39 is 23.7 Å². The molecule has 2 unspecified atom stereocenters. The molecule has 0 aromatic heterocycles. The Morgan fingerprint density at radius 3 is 1.40 bits per heavy atom. The van der Waals surface area contributed by atoms with E-state index in [1.54, 1.807) is 12.1 Å². The summed E-state index contributed by atoms with van der Waals surface area (Å²) < 4.78 is 26.8. The summed E-state index contributed by atoms with van der Waals surface area (Å²) in [6.45, 7) is 0. The van der Waals surface area contributed by atoms with Crippen molar-refractivity contribution in [2.24, 2.45) is 11.5 Å². The molecule has 0 amide bonds. The summed E-state index contributed by atoms with van der Waals surface area (Å²) in [5, 5.41) is 0.0131. The summed E-state index contributed by atoms with van der Waals surface area (Å²) in [6.07, 6.45) is 0. The largest absolute Gasteiger partial charge is 0.322 e. The number of benzene rings is 2. The minimum Gasteiger partial charge on any atom is -0.322 e. The van der Waals surface area contributed by atoms with Crippen LogP contribution in [0.1, 0.15) is 23.2 Å². The van der Waals surface area contributed by atoms with Gasteiger partial charge in [0.15, 0.2) is 0 Å². The first-order valence-electron chi connectivity index (χ1n) is 5.81. The van der Waals surface area contributed by atoms with Crippen LogP contribution in [0.4, 0.5) is 8.78 Å². The van der Waals surface area contributed by atoms with Crippen LogP contribution in [0, 0.1) is 11.6 Å². The van der Waals surface area contributed by atoms with E-state index in [-0.39, 0.29) is 10.0 Å². The maximum Gasteiger partial charge on any atom is 0.142 e. The van der Waals surface area contributed by atoms with Crippen LogP contribution < -0.4 is 11.5 Å². The molecule has 0 heterocycles. The highest BCUT2D eigenvalue weighted by Crippen LogP contribution is 2.28. The van der Waals surface area contributed by atoms with Gasteiger partial charge in [0.05, 0.1) is 10.0 Å². The number of rotatable bonds is 3. The molecule has 0 radical (unpaired) electrons. The molecule has 0 aliphatic rings. The van der Waals surface area contributed by atoms with Gasteiger partial charge in [-0.1, -0.05) is 35.3 Å². The zero-order chi connectivity index (χ0) is 14.9. The molecule has 0 fully saturated rings. The summed E-state index contributed by atoms with van der Waals surface area (Å²) in [5.74, 6) is -1.15. The van der Waals surface area contributed by atoms with Crippen LogP contribution in [0.25, 0.3) is 0 Å². The molecule has 6 heteroatoms. The van der Waals surface area contributed by atoms with E-state index in [0.717, 1.165) is 0 Å². The van der Waals surface area contributed by atoms with Gasteiger partial charge < -0.3 is 11.5 Å². The van der Waals surface area contributed by atoms with Gasteiger partial charge in [-0.3, -0.25) is 0 Å². The molecule has 0 saturated heterocycles. The third-order valence-corrected chi connectivity index (χ3v) is 3.66.